The lowest BCUT2D eigenvalue weighted by Crippen LogP contribution is -2.51. The van der Waals surface area contributed by atoms with Crippen LogP contribution >= 0.6 is 0 Å². The first-order valence-electron chi connectivity index (χ1n) is 9.36. The summed E-state index contributed by atoms with van der Waals surface area (Å²) >= 11 is 0. The van der Waals surface area contributed by atoms with Gasteiger partial charge in [0.2, 0.25) is 5.91 Å². The number of rotatable bonds is 8. The van der Waals surface area contributed by atoms with Gasteiger partial charge in [0.15, 0.2) is 0 Å². The van der Waals surface area contributed by atoms with Crippen LogP contribution in [-0.2, 0) is 4.79 Å². The number of ether oxygens (including phenoxy) is 1. The van der Waals surface area contributed by atoms with Crippen molar-refractivity contribution in [2.45, 2.75) is 39.7 Å². The van der Waals surface area contributed by atoms with E-state index in [4.69, 9.17) is 4.74 Å². The second kappa shape index (κ2) is 9.62. The van der Waals surface area contributed by atoms with Gasteiger partial charge in [-0.25, -0.2) is 0 Å². The maximum Gasteiger partial charge on any atom is 0.239 e. The van der Waals surface area contributed by atoms with Crippen LogP contribution in [0, 0.1) is 5.92 Å². The molecular weight excluding hydrogens is 312 g/mol. The molecule has 2 unspecified atom stereocenters. The zero-order valence-corrected chi connectivity index (χ0v) is 15.9. The van der Waals surface area contributed by atoms with Crippen molar-refractivity contribution in [3.8, 4) is 5.75 Å². The van der Waals surface area contributed by atoms with Gasteiger partial charge in [0.1, 0.15) is 5.75 Å². The van der Waals surface area contributed by atoms with Crippen LogP contribution in [0.5, 0.6) is 5.75 Å². The van der Waals surface area contributed by atoms with E-state index in [-0.39, 0.29) is 11.9 Å². The predicted octanol–water partition coefficient (Wildman–Crippen LogP) is 3.59. The van der Waals surface area contributed by atoms with Crippen LogP contribution in [0.4, 0.5) is 0 Å². The summed E-state index contributed by atoms with van der Waals surface area (Å²) in [6, 6.07) is 9.87. The molecule has 2 atom stereocenters. The van der Waals surface area contributed by atoms with Gasteiger partial charge < -0.3 is 9.64 Å². The number of amides is 1. The predicted molar refractivity (Wildman–Crippen MR) is 103 cm³/mol. The lowest BCUT2D eigenvalue weighted by molar-refractivity contribution is -0.136. The third-order valence-corrected chi connectivity index (χ3v) is 4.84. The zero-order chi connectivity index (χ0) is 18.2. The molecule has 0 aromatic heterocycles. The number of likely N-dealkylation sites (tertiary alicyclic amines) is 1. The van der Waals surface area contributed by atoms with E-state index in [1.165, 1.54) is 0 Å². The van der Waals surface area contributed by atoms with Gasteiger partial charge >= 0.3 is 0 Å². The first-order chi connectivity index (χ1) is 12.0. The van der Waals surface area contributed by atoms with Gasteiger partial charge in [-0.15, -0.1) is 0 Å². The summed E-state index contributed by atoms with van der Waals surface area (Å²) in [6.07, 6.45) is 2.28. The van der Waals surface area contributed by atoms with Crippen LogP contribution < -0.4 is 4.74 Å². The van der Waals surface area contributed by atoms with E-state index >= 15 is 0 Å². The normalized spacial score (nSPS) is 19.2. The van der Waals surface area contributed by atoms with Gasteiger partial charge in [0.05, 0.1) is 12.6 Å². The summed E-state index contributed by atoms with van der Waals surface area (Å²) in [7, 11) is 0. The van der Waals surface area contributed by atoms with E-state index in [0.29, 0.717) is 19.1 Å². The van der Waals surface area contributed by atoms with Crippen molar-refractivity contribution in [3.63, 3.8) is 0 Å². The third-order valence-electron chi connectivity index (χ3n) is 4.84. The van der Waals surface area contributed by atoms with Crippen molar-refractivity contribution < 1.29 is 9.53 Å². The molecule has 138 valence electrons. The maximum absolute atomic E-state index is 12.8. The summed E-state index contributed by atoms with van der Waals surface area (Å²) < 4.78 is 5.92. The van der Waals surface area contributed by atoms with Crippen molar-refractivity contribution >= 4 is 5.91 Å². The van der Waals surface area contributed by atoms with E-state index < -0.39 is 0 Å². The molecule has 0 bridgehead atoms. The molecule has 1 amide bonds. The smallest absolute Gasteiger partial charge is 0.239 e. The van der Waals surface area contributed by atoms with E-state index in [1.54, 1.807) is 0 Å². The number of likely N-dealkylation sites (N-methyl/N-ethyl adjacent to an activating group) is 1. The van der Waals surface area contributed by atoms with E-state index in [9.17, 15) is 4.79 Å². The SMILES string of the molecule is C=C(C)CN(CC)C(=O)C(C)N1CCCC(COc2ccccc2)C1. The topological polar surface area (TPSA) is 32.8 Å². The molecule has 4 heteroatoms. The summed E-state index contributed by atoms with van der Waals surface area (Å²) in [4.78, 5) is 17.0. The average molecular weight is 344 g/mol. The zero-order valence-electron chi connectivity index (χ0n) is 15.9. The lowest BCUT2D eigenvalue weighted by Gasteiger charge is -2.38. The molecule has 2 rings (SSSR count). The number of benzene rings is 1. The van der Waals surface area contributed by atoms with Crippen molar-refractivity contribution in [2.24, 2.45) is 5.92 Å². The Bertz CT molecular complexity index is 558. The molecule has 0 saturated carbocycles. The van der Waals surface area contributed by atoms with Crippen LogP contribution in [0.25, 0.3) is 0 Å². The Labute approximate surface area is 152 Å². The Balaban J connectivity index is 1.88. The number of carbonyl (C=O) groups is 1. The highest BCUT2D eigenvalue weighted by Crippen LogP contribution is 2.21. The van der Waals surface area contributed by atoms with Gasteiger partial charge in [0.25, 0.3) is 0 Å². The van der Waals surface area contributed by atoms with E-state index in [1.807, 2.05) is 56.0 Å². The Morgan fingerprint density at radius 1 is 1.40 bits per heavy atom. The highest BCUT2D eigenvalue weighted by Gasteiger charge is 2.29. The van der Waals surface area contributed by atoms with Crippen molar-refractivity contribution in [1.82, 2.24) is 9.80 Å². The molecule has 1 fully saturated rings. The maximum atomic E-state index is 12.8. The minimum Gasteiger partial charge on any atom is -0.493 e. The molecule has 0 aliphatic carbocycles. The van der Waals surface area contributed by atoms with Crippen LogP contribution in [0.1, 0.15) is 33.6 Å². The van der Waals surface area contributed by atoms with Gasteiger partial charge in [-0.1, -0.05) is 30.4 Å². The number of nitrogens with zero attached hydrogens (tertiary/aromatic N) is 2. The first-order valence-corrected chi connectivity index (χ1v) is 9.36. The Morgan fingerprint density at radius 3 is 2.76 bits per heavy atom. The minimum atomic E-state index is -0.0844. The standard InChI is InChI=1S/C21H32N2O2/c1-5-22(14-17(2)3)21(24)18(4)23-13-9-10-19(15-23)16-25-20-11-7-6-8-12-20/h6-8,11-12,18-19H,2,5,9-10,13-16H2,1,3-4H3. The van der Waals surface area contributed by atoms with Crippen LogP contribution in [0.15, 0.2) is 42.5 Å². The fourth-order valence-electron chi connectivity index (χ4n) is 3.41. The Morgan fingerprint density at radius 2 is 2.12 bits per heavy atom. The molecule has 1 aliphatic heterocycles. The summed E-state index contributed by atoms with van der Waals surface area (Å²) in [6.45, 7) is 14.0. The third kappa shape index (κ3) is 5.89. The fraction of sp³-hybridized carbons (Fsp3) is 0.571. The molecule has 1 aliphatic rings. The molecule has 25 heavy (non-hydrogen) atoms. The number of hydrogen-bond acceptors (Lipinski definition) is 3. The molecule has 1 aromatic rings. The summed E-state index contributed by atoms with van der Waals surface area (Å²) in [5, 5.41) is 0. The molecule has 4 nitrogen and oxygen atoms in total. The fourth-order valence-corrected chi connectivity index (χ4v) is 3.41. The quantitative estimate of drug-likeness (QED) is 0.676. The molecule has 1 saturated heterocycles. The summed E-state index contributed by atoms with van der Waals surface area (Å²) in [5.74, 6) is 1.60. The first kappa shape index (κ1) is 19.5. The minimum absolute atomic E-state index is 0.0844. The second-order valence-electron chi connectivity index (χ2n) is 7.11. The summed E-state index contributed by atoms with van der Waals surface area (Å²) in [5.41, 5.74) is 1.02. The highest BCUT2D eigenvalue weighted by molar-refractivity contribution is 5.81. The number of hydrogen-bond donors (Lipinski definition) is 0. The molecule has 0 N–H and O–H groups in total. The van der Waals surface area contributed by atoms with Crippen LogP contribution in [-0.4, -0.2) is 54.5 Å². The van der Waals surface area contributed by atoms with Crippen molar-refractivity contribution in [2.75, 3.05) is 32.8 Å². The lowest BCUT2D eigenvalue weighted by atomic mass is 9.97. The van der Waals surface area contributed by atoms with E-state index in [0.717, 1.165) is 43.8 Å². The second-order valence-corrected chi connectivity index (χ2v) is 7.11. The van der Waals surface area contributed by atoms with Gasteiger partial charge in [-0.3, -0.25) is 9.69 Å². The largest absolute Gasteiger partial charge is 0.493 e. The highest BCUT2D eigenvalue weighted by atomic mass is 16.5. The monoisotopic (exact) mass is 344 g/mol. The molecule has 1 heterocycles. The van der Waals surface area contributed by atoms with E-state index in [2.05, 4.69) is 11.5 Å². The Hall–Kier alpha value is -1.81. The Kier molecular flexibility index (Phi) is 7.51. The molecular formula is C21H32N2O2. The van der Waals surface area contributed by atoms with Crippen LogP contribution in [0.3, 0.4) is 0 Å². The number of piperidine rings is 1. The molecule has 0 spiro atoms. The molecule has 1 aromatic carbocycles. The number of para-hydroxylation sites is 1. The average Bonchev–Trinajstić information content (AvgIpc) is 2.64. The van der Waals surface area contributed by atoms with Gasteiger partial charge in [-0.05, 0) is 52.3 Å². The van der Waals surface area contributed by atoms with Gasteiger partial charge in [-0.2, -0.15) is 0 Å². The van der Waals surface area contributed by atoms with Gasteiger partial charge in [0, 0.05) is 25.6 Å². The molecule has 0 radical (unpaired) electrons. The van der Waals surface area contributed by atoms with Crippen molar-refractivity contribution in [3.05, 3.63) is 42.5 Å². The van der Waals surface area contributed by atoms with Crippen LogP contribution in [0.2, 0.25) is 0 Å². The number of carbonyl (C=O) groups excluding carboxylic acids is 1. The van der Waals surface area contributed by atoms with Crippen molar-refractivity contribution in [1.29, 1.82) is 0 Å².